The summed E-state index contributed by atoms with van der Waals surface area (Å²) in [7, 11) is 0. The van der Waals surface area contributed by atoms with E-state index < -0.39 is 6.04 Å². The highest BCUT2D eigenvalue weighted by atomic mass is 16.5. The molecule has 6 nitrogen and oxygen atoms in total. The Morgan fingerprint density at radius 3 is 2.38 bits per heavy atom. The molecule has 166 valence electrons. The van der Waals surface area contributed by atoms with Crippen molar-refractivity contribution < 1.29 is 14.3 Å². The Labute approximate surface area is 189 Å². The monoisotopic (exact) mass is 431 g/mol. The third-order valence-corrected chi connectivity index (χ3v) is 4.77. The standard InChI is InChI=1S/C26H29N3O3/c1-3-24(28-22-14-16-23(17-15-22)31-4-2)26(30)29-27-18-21-12-8-9-13-25(21)32-19-20-10-6-5-7-11-20/h5-18,24,28H,3-4,19H2,1-2H3,(H,29,30)/t24-/m1/s1. The summed E-state index contributed by atoms with van der Waals surface area (Å²) in [6, 6.07) is 24.7. The number of benzene rings is 3. The fraction of sp³-hybridized carbons (Fsp3) is 0.231. The number of para-hydroxylation sites is 1. The number of rotatable bonds is 11. The van der Waals surface area contributed by atoms with Crippen LogP contribution in [0.15, 0.2) is 84.0 Å². The van der Waals surface area contributed by atoms with Crippen LogP contribution in [0, 0.1) is 0 Å². The second-order valence-electron chi connectivity index (χ2n) is 7.11. The largest absolute Gasteiger partial charge is 0.494 e. The zero-order valence-electron chi connectivity index (χ0n) is 18.5. The normalized spacial score (nSPS) is 11.7. The molecule has 0 saturated carbocycles. The SMILES string of the molecule is CCOc1ccc(N[C@H](CC)C(=O)NN=Cc2ccccc2OCc2ccccc2)cc1. The minimum atomic E-state index is -0.408. The summed E-state index contributed by atoms with van der Waals surface area (Å²) in [5.74, 6) is 1.29. The third-order valence-electron chi connectivity index (χ3n) is 4.77. The van der Waals surface area contributed by atoms with Crippen LogP contribution < -0.4 is 20.2 Å². The van der Waals surface area contributed by atoms with Gasteiger partial charge in [-0.25, -0.2) is 5.43 Å². The molecular weight excluding hydrogens is 402 g/mol. The van der Waals surface area contributed by atoms with E-state index >= 15 is 0 Å². The van der Waals surface area contributed by atoms with Gasteiger partial charge in [0.25, 0.3) is 5.91 Å². The maximum absolute atomic E-state index is 12.6. The number of nitrogens with one attached hydrogen (secondary N) is 2. The van der Waals surface area contributed by atoms with Gasteiger partial charge in [0, 0.05) is 11.3 Å². The smallest absolute Gasteiger partial charge is 0.262 e. The van der Waals surface area contributed by atoms with E-state index in [0.29, 0.717) is 25.4 Å². The average molecular weight is 432 g/mol. The van der Waals surface area contributed by atoms with Crippen LogP contribution in [0.25, 0.3) is 0 Å². The van der Waals surface area contributed by atoms with Gasteiger partial charge in [0.1, 0.15) is 24.1 Å². The molecule has 32 heavy (non-hydrogen) atoms. The number of nitrogens with zero attached hydrogens (tertiary/aromatic N) is 1. The number of hydrogen-bond acceptors (Lipinski definition) is 5. The number of ether oxygens (including phenoxy) is 2. The van der Waals surface area contributed by atoms with Crippen molar-refractivity contribution in [2.75, 3.05) is 11.9 Å². The van der Waals surface area contributed by atoms with Gasteiger partial charge in [-0.15, -0.1) is 0 Å². The molecule has 0 bridgehead atoms. The summed E-state index contributed by atoms with van der Waals surface area (Å²) in [6.07, 6.45) is 2.22. The lowest BCUT2D eigenvalue weighted by atomic mass is 10.2. The van der Waals surface area contributed by atoms with Gasteiger partial charge in [0.2, 0.25) is 0 Å². The molecule has 3 aromatic rings. The maximum atomic E-state index is 12.6. The first kappa shape index (κ1) is 22.9. The molecular formula is C26H29N3O3. The van der Waals surface area contributed by atoms with Crippen LogP contribution in [0.4, 0.5) is 5.69 Å². The fourth-order valence-electron chi connectivity index (χ4n) is 3.07. The number of hydrazone groups is 1. The molecule has 0 aliphatic heterocycles. The molecule has 0 radical (unpaired) electrons. The number of carbonyl (C=O) groups is 1. The topological polar surface area (TPSA) is 72.0 Å². The Bertz CT molecular complexity index is 1000. The van der Waals surface area contributed by atoms with E-state index in [2.05, 4.69) is 15.8 Å². The fourth-order valence-corrected chi connectivity index (χ4v) is 3.07. The van der Waals surface area contributed by atoms with Crippen LogP contribution >= 0.6 is 0 Å². The van der Waals surface area contributed by atoms with Gasteiger partial charge in [-0.05, 0) is 55.3 Å². The Morgan fingerprint density at radius 1 is 0.938 bits per heavy atom. The van der Waals surface area contributed by atoms with Gasteiger partial charge in [-0.1, -0.05) is 49.4 Å². The van der Waals surface area contributed by atoms with E-state index in [1.54, 1.807) is 6.21 Å². The molecule has 6 heteroatoms. The summed E-state index contributed by atoms with van der Waals surface area (Å²) in [4.78, 5) is 12.6. The minimum absolute atomic E-state index is 0.208. The summed E-state index contributed by atoms with van der Waals surface area (Å²) in [6.45, 7) is 4.97. The molecule has 0 unspecified atom stereocenters. The summed E-state index contributed by atoms with van der Waals surface area (Å²) >= 11 is 0. The van der Waals surface area contributed by atoms with Crippen LogP contribution in [0.2, 0.25) is 0 Å². The average Bonchev–Trinajstić information content (AvgIpc) is 2.83. The van der Waals surface area contributed by atoms with E-state index in [1.807, 2.05) is 92.7 Å². The minimum Gasteiger partial charge on any atom is -0.494 e. The van der Waals surface area contributed by atoms with Gasteiger partial charge in [0.15, 0.2) is 0 Å². The Balaban J connectivity index is 1.56. The predicted octanol–water partition coefficient (Wildman–Crippen LogP) is 5.01. The molecule has 0 aliphatic rings. The predicted molar refractivity (Wildman–Crippen MR) is 128 cm³/mol. The van der Waals surface area contributed by atoms with Crippen molar-refractivity contribution in [2.45, 2.75) is 32.9 Å². The lowest BCUT2D eigenvalue weighted by molar-refractivity contribution is -0.121. The zero-order valence-corrected chi connectivity index (χ0v) is 18.5. The second-order valence-corrected chi connectivity index (χ2v) is 7.11. The van der Waals surface area contributed by atoms with E-state index in [0.717, 1.165) is 22.6 Å². The number of anilines is 1. The van der Waals surface area contributed by atoms with E-state index in [4.69, 9.17) is 9.47 Å². The van der Waals surface area contributed by atoms with Gasteiger partial charge >= 0.3 is 0 Å². The van der Waals surface area contributed by atoms with Crippen molar-refractivity contribution in [1.82, 2.24) is 5.43 Å². The molecule has 3 aromatic carbocycles. The van der Waals surface area contributed by atoms with Crippen molar-refractivity contribution in [2.24, 2.45) is 5.10 Å². The lowest BCUT2D eigenvalue weighted by Crippen LogP contribution is -2.36. The molecule has 3 rings (SSSR count). The van der Waals surface area contributed by atoms with Crippen molar-refractivity contribution in [3.05, 3.63) is 90.0 Å². The number of hydrogen-bond donors (Lipinski definition) is 2. The number of carbonyl (C=O) groups excluding carboxylic acids is 1. The molecule has 1 atom stereocenters. The highest BCUT2D eigenvalue weighted by Gasteiger charge is 2.15. The van der Waals surface area contributed by atoms with E-state index in [1.165, 1.54) is 0 Å². The Hall–Kier alpha value is -3.80. The van der Waals surface area contributed by atoms with Crippen LogP contribution in [-0.2, 0) is 11.4 Å². The van der Waals surface area contributed by atoms with Gasteiger partial charge in [-0.2, -0.15) is 5.10 Å². The van der Waals surface area contributed by atoms with Gasteiger partial charge in [0.05, 0.1) is 12.8 Å². The van der Waals surface area contributed by atoms with E-state index in [-0.39, 0.29) is 5.91 Å². The van der Waals surface area contributed by atoms with Crippen LogP contribution in [0.5, 0.6) is 11.5 Å². The molecule has 0 aromatic heterocycles. The summed E-state index contributed by atoms with van der Waals surface area (Å²) < 4.78 is 11.4. The zero-order chi connectivity index (χ0) is 22.6. The Kier molecular flexibility index (Phi) is 8.69. The van der Waals surface area contributed by atoms with E-state index in [9.17, 15) is 4.79 Å². The second kappa shape index (κ2) is 12.2. The molecule has 1 amide bonds. The Morgan fingerprint density at radius 2 is 1.66 bits per heavy atom. The first-order valence-corrected chi connectivity index (χ1v) is 10.8. The molecule has 0 saturated heterocycles. The maximum Gasteiger partial charge on any atom is 0.262 e. The summed E-state index contributed by atoms with van der Waals surface area (Å²) in [5, 5.41) is 7.37. The van der Waals surface area contributed by atoms with Gasteiger partial charge < -0.3 is 14.8 Å². The quantitative estimate of drug-likeness (QED) is 0.331. The highest BCUT2D eigenvalue weighted by Crippen LogP contribution is 2.18. The van der Waals surface area contributed by atoms with Crippen molar-refractivity contribution in [1.29, 1.82) is 0 Å². The molecule has 2 N–H and O–H groups in total. The molecule has 0 heterocycles. The molecule has 0 fully saturated rings. The van der Waals surface area contributed by atoms with Crippen LogP contribution in [0.1, 0.15) is 31.4 Å². The van der Waals surface area contributed by atoms with Crippen molar-refractivity contribution in [3.8, 4) is 11.5 Å². The highest BCUT2D eigenvalue weighted by molar-refractivity contribution is 5.88. The first-order chi connectivity index (χ1) is 15.7. The molecule has 0 aliphatic carbocycles. The van der Waals surface area contributed by atoms with Crippen molar-refractivity contribution in [3.63, 3.8) is 0 Å². The van der Waals surface area contributed by atoms with Crippen LogP contribution in [0.3, 0.4) is 0 Å². The summed E-state index contributed by atoms with van der Waals surface area (Å²) in [5.41, 5.74) is 5.34. The lowest BCUT2D eigenvalue weighted by Gasteiger charge is -2.16. The van der Waals surface area contributed by atoms with Gasteiger partial charge in [-0.3, -0.25) is 4.79 Å². The molecule has 0 spiro atoms. The number of amides is 1. The third kappa shape index (κ3) is 6.87. The van der Waals surface area contributed by atoms with Crippen LogP contribution in [-0.4, -0.2) is 24.8 Å². The van der Waals surface area contributed by atoms with Crippen molar-refractivity contribution >= 4 is 17.8 Å². The first-order valence-electron chi connectivity index (χ1n) is 10.8.